The molecule has 4 heteroatoms. The van der Waals surface area contributed by atoms with Crippen LogP contribution < -0.4 is 4.74 Å². The van der Waals surface area contributed by atoms with Crippen molar-refractivity contribution < 1.29 is 9.13 Å². The maximum atomic E-state index is 13.8. The third-order valence-electron chi connectivity index (χ3n) is 3.60. The molecule has 1 aliphatic heterocycles. The minimum Gasteiger partial charge on any atom is -0.497 e. The van der Waals surface area contributed by atoms with Gasteiger partial charge < -0.3 is 4.74 Å². The Morgan fingerprint density at radius 1 is 1.50 bits per heavy atom. The van der Waals surface area contributed by atoms with Crippen LogP contribution in [-0.2, 0) is 6.54 Å². The van der Waals surface area contributed by atoms with E-state index in [0.717, 1.165) is 19.5 Å². The van der Waals surface area contributed by atoms with E-state index in [1.807, 2.05) is 0 Å². The first kappa shape index (κ1) is 13.6. The molecule has 0 amide bonds. The SMILES string of the molecule is COc1ccc(CN2CCC(C)C(Cl)C2)c(F)c1. The van der Waals surface area contributed by atoms with Crippen molar-refractivity contribution in [3.8, 4) is 5.75 Å². The predicted octanol–water partition coefficient (Wildman–Crippen LogP) is 3.28. The molecule has 0 bridgehead atoms. The lowest BCUT2D eigenvalue weighted by molar-refractivity contribution is 0.187. The topological polar surface area (TPSA) is 12.5 Å². The van der Waals surface area contributed by atoms with E-state index in [4.69, 9.17) is 16.3 Å². The lowest BCUT2D eigenvalue weighted by atomic mass is 9.98. The normalized spacial score (nSPS) is 25.1. The van der Waals surface area contributed by atoms with Crippen LogP contribution in [0.15, 0.2) is 18.2 Å². The molecule has 0 saturated carbocycles. The zero-order valence-electron chi connectivity index (χ0n) is 10.8. The second kappa shape index (κ2) is 5.89. The number of piperidine rings is 1. The average molecular weight is 272 g/mol. The number of benzene rings is 1. The number of nitrogens with zero attached hydrogens (tertiary/aromatic N) is 1. The van der Waals surface area contributed by atoms with Gasteiger partial charge in [-0.1, -0.05) is 13.0 Å². The van der Waals surface area contributed by atoms with Crippen LogP contribution in [-0.4, -0.2) is 30.5 Å². The molecule has 2 atom stereocenters. The first-order chi connectivity index (χ1) is 8.60. The van der Waals surface area contributed by atoms with Gasteiger partial charge in [-0.2, -0.15) is 0 Å². The maximum absolute atomic E-state index is 13.8. The molecule has 0 radical (unpaired) electrons. The van der Waals surface area contributed by atoms with Crippen molar-refractivity contribution in [3.63, 3.8) is 0 Å². The van der Waals surface area contributed by atoms with Crippen LogP contribution in [0.1, 0.15) is 18.9 Å². The number of likely N-dealkylation sites (tertiary alicyclic amines) is 1. The van der Waals surface area contributed by atoms with Crippen LogP contribution in [0.4, 0.5) is 4.39 Å². The average Bonchev–Trinajstić information content (AvgIpc) is 2.36. The van der Waals surface area contributed by atoms with Crippen molar-refractivity contribution in [3.05, 3.63) is 29.6 Å². The molecule has 0 aromatic heterocycles. The smallest absolute Gasteiger partial charge is 0.131 e. The highest BCUT2D eigenvalue weighted by atomic mass is 35.5. The minimum atomic E-state index is -0.209. The number of hydrogen-bond acceptors (Lipinski definition) is 2. The van der Waals surface area contributed by atoms with Gasteiger partial charge in [-0.05, 0) is 24.9 Å². The van der Waals surface area contributed by atoms with Gasteiger partial charge in [-0.15, -0.1) is 11.6 Å². The molecule has 0 N–H and O–H groups in total. The molecule has 1 heterocycles. The van der Waals surface area contributed by atoms with Crippen LogP contribution in [0.3, 0.4) is 0 Å². The summed E-state index contributed by atoms with van der Waals surface area (Å²) >= 11 is 6.26. The van der Waals surface area contributed by atoms with Crippen molar-refractivity contribution in [2.75, 3.05) is 20.2 Å². The van der Waals surface area contributed by atoms with E-state index >= 15 is 0 Å². The third kappa shape index (κ3) is 3.15. The first-order valence-corrected chi connectivity index (χ1v) is 6.72. The third-order valence-corrected chi connectivity index (χ3v) is 4.17. The lowest BCUT2D eigenvalue weighted by Gasteiger charge is -2.34. The van der Waals surface area contributed by atoms with Crippen molar-refractivity contribution >= 4 is 11.6 Å². The maximum Gasteiger partial charge on any atom is 0.131 e. The van der Waals surface area contributed by atoms with Gasteiger partial charge in [0.15, 0.2) is 0 Å². The fourth-order valence-electron chi connectivity index (χ4n) is 2.25. The standard InChI is InChI=1S/C14H19ClFNO/c1-10-5-6-17(9-13(10)15)8-11-3-4-12(18-2)7-14(11)16/h3-4,7,10,13H,5-6,8-9H2,1-2H3. The number of alkyl halides is 1. The fraction of sp³-hybridized carbons (Fsp3) is 0.571. The first-order valence-electron chi connectivity index (χ1n) is 6.29. The summed E-state index contributed by atoms with van der Waals surface area (Å²) in [5.74, 6) is 0.890. The summed E-state index contributed by atoms with van der Waals surface area (Å²) in [6.07, 6.45) is 1.08. The van der Waals surface area contributed by atoms with E-state index in [9.17, 15) is 4.39 Å². The van der Waals surface area contributed by atoms with Gasteiger partial charge in [0.2, 0.25) is 0 Å². The van der Waals surface area contributed by atoms with E-state index in [0.29, 0.717) is 23.8 Å². The number of hydrogen-bond donors (Lipinski definition) is 0. The second-order valence-corrected chi connectivity index (χ2v) is 5.53. The summed E-state index contributed by atoms with van der Waals surface area (Å²) in [7, 11) is 1.54. The Balaban J connectivity index is 2.01. The number of halogens is 2. The molecule has 18 heavy (non-hydrogen) atoms. The Hall–Kier alpha value is -0.800. The molecule has 2 unspecified atom stereocenters. The molecule has 1 fully saturated rings. The largest absolute Gasteiger partial charge is 0.497 e. The summed E-state index contributed by atoms with van der Waals surface area (Å²) in [5, 5.41) is 0.167. The van der Waals surface area contributed by atoms with Gasteiger partial charge in [-0.3, -0.25) is 4.90 Å². The van der Waals surface area contributed by atoms with Gasteiger partial charge in [0, 0.05) is 30.1 Å². The fourth-order valence-corrected chi connectivity index (χ4v) is 2.57. The minimum absolute atomic E-state index is 0.167. The van der Waals surface area contributed by atoms with E-state index in [1.54, 1.807) is 19.2 Å². The van der Waals surface area contributed by atoms with Crippen LogP contribution in [0, 0.1) is 11.7 Å². The zero-order valence-corrected chi connectivity index (χ0v) is 11.6. The van der Waals surface area contributed by atoms with Crippen molar-refractivity contribution in [2.24, 2.45) is 5.92 Å². The summed E-state index contributed by atoms with van der Waals surface area (Å²) in [4.78, 5) is 2.21. The van der Waals surface area contributed by atoms with Gasteiger partial charge >= 0.3 is 0 Å². The highest BCUT2D eigenvalue weighted by molar-refractivity contribution is 6.21. The molecule has 1 aliphatic rings. The van der Waals surface area contributed by atoms with Crippen LogP contribution in [0.5, 0.6) is 5.75 Å². The molecule has 2 nitrogen and oxygen atoms in total. The molecular formula is C14H19ClFNO. The number of rotatable bonds is 3. The molecule has 1 aromatic rings. The molecular weight excluding hydrogens is 253 g/mol. The van der Waals surface area contributed by atoms with E-state index < -0.39 is 0 Å². The van der Waals surface area contributed by atoms with Crippen molar-refractivity contribution in [1.29, 1.82) is 0 Å². The van der Waals surface area contributed by atoms with Gasteiger partial charge in [0.05, 0.1) is 7.11 Å². The molecule has 0 spiro atoms. The predicted molar refractivity (Wildman–Crippen MR) is 71.7 cm³/mol. The zero-order chi connectivity index (χ0) is 13.1. The Kier molecular flexibility index (Phi) is 4.46. The monoisotopic (exact) mass is 271 g/mol. The van der Waals surface area contributed by atoms with Crippen molar-refractivity contribution in [1.82, 2.24) is 4.90 Å². The molecule has 100 valence electrons. The van der Waals surface area contributed by atoms with Crippen LogP contribution >= 0.6 is 11.6 Å². The Labute approximate surface area is 113 Å². The lowest BCUT2D eigenvalue weighted by Crippen LogP contribution is -2.39. The molecule has 0 aliphatic carbocycles. The highest BCUT2D eigenvalue weighted by Crippen LogP contribution is 2.24. The molecule has 1 saturated heterocycles. The summed E-state index contributed by atoms with van der Waals surface area (Å²) in [6.45, 7) is 4.60. The van der Waals surface area contributed by atoms with E-state index in [2.05, 4.69) is 11.8 Å². The summed E-state index contributed by atoms with van der Waals surface area (Å²) in [6, 6.07) is 5.01. The Morgan fingerprint density at radius 2 is 2.28 bits per heavy atom. The number of methoxy groups -OCH3 is 1. The van der Waals surface area contributed by atoms with E-state index in [-0.39, 0.29) is 11.2 Å². The highest BCUT2D eigenvalue weighted by Gasteiger charge is 2.24. The summed E-state index contributed by atoms with van der Waals surface area (Å²) in [5.41, 5.74) is 0.703. The second-order valence-electron chi connectivity index (χ2n) is 4.97. The van der Waals surface area contributed by atoms with E-state index in [1.165, 1.54) is 6.07 Å². The quantitative estimate of drug-likeness (QED) is 0.783. The van der Waals surface area contributed by atoms with Crippen LogP contribution in [0.25, 0.3) is 0 Å². The van der Waals surface area contributed by atoms with Gasteiger partial charge in [0.25, 0.3) is 0 Å². The molecule has 2 rings (SSSR count). The summed E-state index contributed by atoms with van der Waals surface area (Å²) < 4.78 is 18.8. The Morgan fingerprint density at radius 3 is 2.89 bits per heavy atom. The van der Waals surface area contributed by atoms with Crippen molar-refractivity contribution in [2.45, 2.75) is 25.3 Å². The van der Waals surface area contributed by atoms with Gasteiger partial charge in [-0.25, -0.2) is 4.39 Å². The Bertz CT molecular complexity index is 413. The number of ether oxygens (including phenoxy) is 1. The molecule has 1 aromatic carbocycles. The van der Waals surface area contributed by atoms with Crippen LogP contribution in [0.2, 0.25) is 0 Å². The van der Waals surface area contributed by atoms with Gasteiger partial charge in [0.1, 0.15) is 11.6 Å².